The highest BCUT2D eigenvalue weighted by molar-refractivity contribution is 5.76. The highest BCUT2D eigenvalue weighted by Crippen LogP contribution is 2.17. The molecule has 1 aliphatic heterocycles. The standard InChI is InChI=1S/C13H26N2O/c1-2-12(8-9-14)6-7-13(16)15-10-4-3-5-11-15/h12H,2-11,14H2,1H3. The number of nitrogens with two attached hydrogens (primary N) is 1. The minimum Gasteiger partial charge on any atom is -0.343 e. The molecule has 1 saturated heterocycles. The van der Waals surface area contributed by atoms with Gasteiger partial charge in [-0.2, -0.15) is 0 Å². The van der Waals surface area contributed by atoms with E-state index in [0.29, 0.717) is 11.8 Å². The Bertz CT molecular complexity index is 200. The average Bonchev–Trinajstić information content (AvgIpc) is 2.35. The second kappa shape index (κ2) is 7.66. The van der Waals surface area contributed by atoms with Crippen molar-refractivity contribution in [3.63, 3.8) is 0 Å². The van der Waals surface area contributed by atoms with Crippen molar-refractivity contribution in [3.05, 3.63) is 0 Å². The minimum absolute atomic E-state index is 0.357. The van der Waals surface area contributed by atoms with Crippen molar-refractivity contribution in [3.8, 4) is 0 Å². The molecule has 2 N–H and O–H groups in total. The summed E-state index contributed by atoms with van der Waals surface area (Å²) in [6.07, 6.45) is 7.60. The number of amides is 1. The van der Waals surface area contributed by atoms with Crippen LogP contribution >= 0.6 is 0 Å². The fourth-order valence-electron chi connectivity index (χ4n) is 2.42. The van der Waals surface area contributed by atoms with Crippen molar-refractivity contribution in [2.75, 3.05) is 19.6 Å². The van der Waals surface area contributed by atoms with Gasteiger partial charge < -0.3 is 10.6 Å². The Morgan fingerprint density at radius 1 is 1.25 bits per heavy atom. The minimum atomic E-state index is 0.357. The molecule has 16 heavy (non-hydrogen) atoms. The molecule has 0 aliphatic carbocycles. The van der Waals surface area contributed by atoms with Crippen molar-refractivity contribution in [2.45, 2.75) is 51.9 Å². The summed E-state index contributed by atoms with van der Waals surface area (Å²) in [4.78, 5) is 14.0. The predicted octanol–water partition coefficient (Wildman–Crippen LogP) is 2.15. The van der Waals surface area contributed by atoms with Gasteiger partial charge in [0.05, 0.1) is 0 Å². The van der Waals surface area contributed by atoms with Crippen LogP contribution in [0.2, 0.25) is 0 Å². The quantitative estimate of drug-likeness (QED) is 0.754. The molecule has 94 valence electrons. The number of hydrogen-bond donors (Lipinski definition) is 1. The van der Waals surface area contributed by atoms with E-state index in [1.54, 1.807) is 0 Å². The molecule has 1 rings (SSSR count). The molecule has 1 heterocycles. The van der Waals surface area contributed by atoms with E-state index in [9.17, 15) is 4.79 Å². The van der Waals surface area contributed by atoms with E-state index in [-0.39, 0.29) is 0 Å². The van der Waals surface area contributed by atoms with Crippen LogP contribution in [0.1, 0.15) is 51.9 Å². The van der Waals surface area contributed by atoms with Crippen LogP contribution in [0.25, 0.3) is 0 Å². The molecule has 0 aromatic rings. The summed E-state index contributed by atoms with van der Waals surface area (Å²) < 4.78 is 0. The molecular formula is C13H26N2O. The summed E-state index contributed by atoms with van der Waals surface area (Å²) in [7, 11) is 0. The number of likely N-dealkylation sites (tertiary alicyclic amines) is 1. The molecule has 1 fully saturated rings. The number of rotatable bonds is 6. The summed E-state index contributed by atoms with van der Waals surface area (Å²) >= 11 is 0. The van der Waals surface area contributed by atoms with Crippen LogP contribution in [0.3, 0.4) is 0 Å². The first-order valence-electron chi connectivity index (χ1n) is 6.75. The Kier molecular flexibility index (Phi) is 6.46. The van der Waals surface area contributed by atoms with E-state index in [4.69, 9.17) is 5.73 Å². The number of carbonyl (C=O) groups excluding carboxylic acids is 1. The first-order chi connectivity index (χ1) is 7.77. The number of carbonyl (C=O) groups is 1. The molecule has 1 atom stereocenters. The molecule has 0 bridgehead atoms. The molecule has 3 nitrogen and oxygen atoms in total. The Balaban J connectivity index is 2.22. The van der Waals surface area contributed by atoms with Gasteiger partial charge in [-0.3, -0.25) is 4.79 Å². The molecule has 0 saturated carbocycles. The van der Waals surface area contributed by atoms with Crippen molar-refractivity contribution < 1.29 is 4.79 Å². The van der Waals surface area contributed by atoms with Gasteiger partial charge in [-0.15, -0.1) is 0 Å². The lowest BCUT2D eigenvalue weighted by atomic mass is 9.96. The molecule has 3 heteroatoms. The lowest BCUT2D eigenvalue weighted by Gasteiger charge is -2.27. The van der Waals surface area contributed by atoms with Gasteiger partial charge in [-0.1, -0.05) is 13.3 Å². The van der Waals surface area contributed by atoms with Crippen molar-refractivity contribution >= 4 is 5.91 Å². The Morgan fingerprint density at radius 2 is 1.94 bits per heavy atom. The van der Waals surface area contributed by atoms with Crippen LogP contribution in [0.4, 0.5) is 0 Å². The second-order valence-corrected chi connectivity index (χ2v) is 4.83. The van der Waals surface area contributed by atoms with Crippen LogP contribution in [-0.2, 0) is 4.79 Å². The van der Waals surface area contributed by atoms with E-state index in [0.717, 1.165) is 45.3 Å². The third-order valence-corrected chi connectivity index (χ3v) is 3.63. The van der Waals surface area contributed by atoms with Gasteiger partial charge in [0.2, 0.25) is 5.91 Å². The van der Waals surface area contributed by atoms with E-state index < -0.39 is 0 Å². The van der Waals surface area contributed by atoms with Crippen LogP contribution < -0.4 is 5.73 Å². The molecule has 0 radical (unpaired) electrons. The first kappa shape index (κ1) is 13.5. The van der Waals surface area contributed by atoms with Gasteiger partial charge in [0.15, 0.2) is 0 Å². The largest absolute Gasteiger partial charge is 0.343 e. The molecule has 0 spiro atoms. The molecular weight excluding hydrogens is 200 g/mol. The number of nitrogens with zero attached hydrogens (tertiary/aromatic N) is 1. The molecule has 1 aliphatic rings. The fraction of sp³-hybridized carbons (Fsp3) is 0.923. The normalized spacial score (nSPS) is 18.5. The maximum Gasteiger partial charge on any atom is 0.222 e. The van der Waals surface area contributed by atoms with Gasteiger partial charge in [-0.05, 0) is 44.6 Å². The number of hydrogen-bond acceptors (Lipinski definition) is 2. The molecule has 1 amide bonds. The zero-order valence-electron chi connectivity index (χ0n) is 10.6. The molecule has 0 aromatic carbocycles. The van der Waals surface area contributed by atoms with Crippen LogP contribution in [0, 0.1) is 5.92 Å². The summed E-state index contributed by atoms with van der Waals surface area (Å²) in [6.45, 7) is 4.89. The van der Waals surface area contributed by atoms with Crippen molar-refractivity contribution in [2.24, 2.45) is 11.7 Å². The molecule has 0 aromatic heterocycles. The van der Waals surface area contributed by atoms with E-state index in [1.807, 2.05) is 4.90 Å². The van der Waals surface area contributed by atoms with E-state index >= 15 is 0 Å². The number of piperidine rings is 1. The summed E-state index contributed by atoms with van der Waals surface area (Å²) in [5.74, 6) is 0.994. The van der Waals surface area contributed by atoms with E-state index in [1.165, 1.54) is 19.3 Å². The first-order valence-corrected chi connectivity index (χ1v) is 6.75. The predicted molar refractivity (Wildman–Crippen MR) is 67.1 cm³/mol. The maximum atomic E-state index is 11.9. The zero-order valence-corrected chi connectivity index (χ0v) is 10.6. The highest BCUT2D eigenvalue weighted by Gasteiger charge is 2.17. The van der Waals surface area contributed by atoms with Gasteiger partial charge in [0, 0.05) is 19.5 Å². The van der Waals surface area contributed by atoms with Crippen LogP contribution in [0.15, 0.2) is 0 Å². The van der Waals surface area contributed by atoms with E-state index in [2.05, 4.69) is 6.92 Å². The lowest BCUT2D eigenvalue weighted by Crippen LogP contribution is -2.35. The fourth-order valence-corrected chi connectivity index (χ4v) is 2.42. The van der Waals surface area contributed by atoms with Crippen LogP contribution in [-0.4, -0.2) is 30.4 Å². The SMILES string of the molecule is CCC(CCN)CCC(=O)N1CCCCC1. The third kappa shape index (κ3) is 4.52. The Hall–Kier alpha value is -0.570. The monoisotopic (exact) mass is 226 g/mol. The second-order valence-electron chi connectivity index (χ2n) is 4.83. The summed E-state index contributed by atoms with van der Waals surface area (Å²) in [6, 6.07) is 0. The lowest BCUT2D eigenvalue weighted by molar-refractivity contribution is -0.132. The third-order valence-electron chi connectivity index (χ3n) is 3.63. The van der Waals surface area contributed by atoms with Gasteiger partial charge in [0.1, 0.15) is 0 Å². The van der Waals surface area contributed by atoms with Gasteiger partial charge in [-0.25, -0.2) is 0 Å². The highest BCUT2D eigenvalue weighted by atomic mass is 16.2. The average molecular weight is 226 g/mol. The maximum absolute atomic E-state index is 11.9. The Morgan fingerprint density at radius 3 is 2.50 bits per heavy atom. The van der Waals surface area contributed by atoms with Crippen molar-refractivity contribution in [1.82, 2.24) is 4.90 Å². The Labute approximate surface area is 99.4 Å². The van der Waals surface area contributed by atoms with Gasteiger partial charge in [0.25, 0.3) is 0 Å². The smallest absolute Gasteiger partial charge is 0.222 e. The van der Waals surface area contributed by atoms with Crippen molar-refractivity contribution in [1.29, 1.82) is 0 Å². The zero-order chi connectivity index (χ0) is 11.8. The molecule has 1 unspecified atom stereocenters. The topological polar surface area (TPSA) is 46.3 Å². The summed E-state index contributed by atoms with van der Waals surface area (Å²) in [5.41, 5.74) is 5.56. The van der Waals surface area contributed by atoms with Gasteiger partial charge >= 0.3 is 0 Å². The summed E-state index contributed by atoms with van der Waals surface area (Å²) in [5, 5.41) is 0. The van der Waals surface area contributed by atoms with Crippen LogP contribution in [0.5, 0.6) is 0 Å².